The molecule has 0 aromatic heterocycles. The van der Waals surface area contributed by atoms with E-state index in [2.05, 4.69) is 13.2 Å². The zero-order valence-electron chi connectivity index (χ0n) is 24.7. The minimum atomic E-state index is -1.16. The number of likely N-dealkylation sites (tertiary alicyclic amines) is 1. The van der Waals surface area contributed by atoms with Crippen LogP contribution in [0.15, 0.2) is 43.5 Å². The first-order valence-electron chi connectivity index (χ1n) is 14.6. The number of benzene rings is 1. The van der Waals surface area contributed by atoms with Gasteiger partial charge in [0, 0.05) is 25.3 Å². The number of nitrogens with zero attached hydrogens (tertiary/aromatic N) is 3. The average Bonchev–Trinajstić information content (AvgIpc) is 3.54. The van der Waals surface area contributed by atoms with Gasteiger partial charge >= 0.3 is 0 Å². The van der Waals surface area contributed by atoms with Crippen LogP contribution < -0.4 is 4.90 Å². The van der Waals surface area contributed by atoms with E-state index in [1.165, 1.54) is 4.90 Å². The third-order valence-corrected chi connectivity index (χ3v) is 9.30. The van der Waals surface area contributed by atoms with E-state index in [-0.39, 0.29) is 30.9 Å². The van der Waals surface area contributed by atoms with Gasteiger partial charge in [-0.15, -0.1) is 13.2 Å². The van der Waals surface area contributed by atoms with E-state index in [0.717, 1.165) is 23.2 Å². The third-order valence-electron chi connectivity index (χ3n) is 9.30. The number of hydrogen-bond donors (Lipinski definition) is 1. The molecule has 2 bridgehead atoms. The first-order valence-corrected chi connectivity index (χ1v) is 14.6. The summed E-state index contributed by atoms with van der Waals surface area (Å²) in [6.45, 7) is 18.3. The predicted molar refractivity (Wildman–Crippen MR) is 156 cm³/mol. The molecule has 3 saturated heterocycles. The summed E-state index contributed by atoms with van der Waals surface area (Å²) < 4.78 is 6.92. The Balaban J connectivity index is 1.87. The monoisotopic (exact) mass is 551 g/mol. The zero-order valence-corrected chi connectivity index (χ0v) is 24.7. The number of rotatable bonds is 12. The van der Waals surface area contributed by atoms with E-state index in [4.69, 9.17) is 4.74 Å². The lowest BCUT2D eigenvalue weighted by Gasteiger charge is -2.39. The highest BCUT2D eigenvalue weighted by Crippen LogP contribution is 2.65. The molecule has 3 fully saturated rings. The summed E-state index contributed by atoms with van der Waals surface area (Å²) in [5.74, 6) is -2.19. The Labute approximate surface area is 238 Å². The van der Waals surface area contributed by atoms with Crippen molar-refractivity contribution in [3.8, 4) is 0 Å². The van der Waals surface area contributed by atoms with Crippen molar-refractivity contribution in [1.29, 1.82) is 0 Å². The Bertz CT molecular complexity index is 1160. The maximum atomic E-state index is 14.8. The van der Waals surface area contributed by atoms with Crippen molar-refractivity contribution in [2.24, 2.45) is 11.8 Å². The summed E-state index contributed by atoms with van der Waals surface area (Å²) in [5, 5.41) is 10.2. The van der Waals surface area contributed by atoms with E-state index in [1.54, 1.807) is 28.9 Å². The predicted octanol–water partition coefficient (Wildman–Crippen LogP) is 3.78. The Morgan fingerprint density at radius 1 is 1.15 bits per heavy atom. The van der Waals surface area contributed by atoms with Crippen LogP contribution in [0, 0.1) is 25.7 Å². The number of carbonyl (C=O) groups is 3. The fraction of sp³-hybridized carbons (Fsp3) is 0.594. The van der Waals surface area contributed by atoms with Crippen LogP contribution in [0.5, 0.6) is 0 Å². The Morgan fingerprint density at radius 3 is 2.35 bits per heavy atom. The molecule has 8 heteroatoms. The van der Waals surface area contributed by atoms with Crippen molar-refractivity contribution in [2.75, 3.05) is 31.1 Å². The molecule has 1 aromatic rings. The molecule has 4 rings (SSSR count). The third kappa shape index (κ3) is 4.40. The van der Waals surface area contributed by atoms with Gasteiger partial charge in [-0.05, 0) is 57.6 Å². The minimum absolute atomic E-state index is 0.120. The van der Waals surface area contributed by atoms with Crippen molar-refractivity contribution < 1.29 is 24.2 Å². The molecule has 1 spiro atoms. The van der Waals surface area contributed by atoms with Gasteiger partial charge in [-0.3, -0.25) is 14.4 Å². The van der Waals surface area contributed by atoms with Crippen LogP contribution in [0.1, 0.15) is 57.6 Å². The van der Waals surface area contributed by atoms with Crippen LogP contribution in [0.4, 0.5) is 5.69 Å². The minimum Gasteiger partial charge on any atom is -0.394 e. The molecule has 6 atom stereocenters. The Kier molecular flexibility index (Phi) is 8.62. The second-order valence-corrected chi connectivity index (χ2v) is 11.7. The van der Waals surface area contributed by atoms with Gasteiger partial charge in [-0.2, -0.15) is 0 Å². The maximum Gasteiger partial charge on any atom is 0.253 e. The summed E-state index contributed by atoms with van der Waals surface area (Å²) >= 11 is 0. The van der Waals surface area contributed by atoms with Crippen LogP contribution in [0.25, 0.3) is 0 Å². The standard InChI is InChI=1S/C32H45N3O5/c1-8-17-33(18-9-2)28(37)24-25-29(38)35(23(7)20-36)27(32(25)16-15-31(24,11-4)40-32)30(39)34(19-10-3)26-21(5)13-12-14-22(26)6/h8,10,12-14,23-25,27,36H,1,3,9,11,15-20H2,2,4-7H3/t23-,24-,25+,27?,31+,32?/m1/s1. The number of anilines is 1. The van der Waals surface area contributed by atoms with Crippen LogP contribution in [-0.4, -0.2) is 82.2 Å². The van der Waals surface area contributed by atoms with Crippen LogP contribution in [-0.2, 0) is 19.1 Å². The summed E-state index contributed by atoms with van der Waals surface area (Å²) in [5.41, 5.74) is 0.673. The first-order chi connectivity index (χ1) is 19.1. The molecule has 40 heavy (non-hydrogen) atoms. The highest BCUT2D eigenvalue weighted by Gasteiger charge is 2.79. The normalized spacial score (nSPS) is 29.3. The molecule has 1 aromatic carbocycles. The number of amides is 3. The van der Waals surface area contributed by atoms with Gasteiger partial charge in [0.2, 0.25) is 11.8 Å². The molecular weight excluding hydrogens is 506 g/mol. The number of para-hydroxylation sites is 1. The molecule has 3 aliphatic rings. The molecular formula is C32H45N3O5. The highest BCUT2D eigenvalue weighted by molar-refractivity contribution is 6.06. The van der Waals surface area contributed by atoms with Crippen molar-refractivity contribution >= 4 is 23.4 Å². The number of hydrogen-bond acceptors (Lipinski definition) is 5. The zero-order chi connectivity index (χ0) is 29.4. The van der Waals surface area contributed by atoms with Gasteiger partial charge in [0.1, 0.15) is 11.6 Å². The molecule has 3 aliphatic heterocycles. The smallest absolute Gasteiger partial charge is 0.253 e. The lowest BCUT2D eigenvalue weighted by atomic mass is 9.64. The van der Waals surface area contributed by atoms with E-state index >= 15 is 0 Å². The lowest BCUT2D eigenvalue weighted by Crippen LogP contribution is -2.58. The lowest BCUT2D eigenvalue weighted by molar-refractivity contribution is -0.153. The van der Waals surface area contributed by atoms with Gasteiger partial charge in [-0.1, -0.05) is 44.2 Å². The van der Waals surface area contributed by atoms with E-state index < -0.39 is 35.1 Å². The fourth-order valence-electron chi connectivity index (χ4n) is 7.59. The first kappa shape index (κ1) is 30.0. The molecule has 0 saturated carbocycles. The topological polar surface area (TPSA) is 90.4 Å². The largest absolute Gasteiger partial charge is 0.394 e. The number of aliphatic hydroxyl groups is 1. The fourth-order valence-corrected chi connectivity index (χ4v) is 7.59. The number of aliphatic hydroxyl groups excluding tert-OH is 1. The van der Waals surface area contributed by atoms with Crippen molar-refractivity contribution in [3.63, 3.8) is 0 Å². The summed E-state index contributed by atoms with van der Waals surface area (Å²) in [4.78, 5) is 48.3. The van der Waals surface area contributed by atoms with Gasteiger partial charge in [0.15, 0.2) is 0 Å². The molecule has 3 amide bonds. The van der Waals surface area contributed by atoms with Crippen molar-refractivity contribution in [1.82, 2.24) is 9.80 Å². The molecule has 2 unspecified atom stereocenters. The molecule has 0 aliphatic carbocycles. The van der Waals surface area contributed by atoms with E-state index in [1.807, 2.05) is 45.9 Å². The van der Waals surface area contributed by atoms with Crippen molar-refractivity contribution in [3.05, 3.63) is 54.6 Å². The number of fused-ring (bicyclic) bond motifs is 1. The molecule has 1 N–H and O–H groups in total. The second kappa shape index (κ2) is 11.5. The summed E-state index contributed by atoms with van der Waals surface area (Å²) in [7, 11) is 0. The average molecular weight is 552 g/mol. The molecule has 218 valence electrons. The van der Waals surface area contributed by atoms with Gasteiger partial charge < -0.3 is 24.5 Å². The van der Waals surface area contributed by atoms with Crippen molar-refractivity contribution in [2.45, 2.75) is 83.6 Å². The van der Waals surface area contributed by atoms with Gasteiger partial charge in [-0.25, -0.2) is 0 Å². The summed E-state index contributed by atoms with van der Waals surface area (Å²) in [6, 6.07) is 4.27. The van der Waals surface area contributed by atoms with Crippen LogP contribution in [0.3, 0.4) is 0 Å². The quantitative estimate of drug-likeness (QED) is 0.400. The highest BCUT2D eigenvalue weighted by atomic mass is 16.5. The number of aryl methyl sites for hydroxylation is 2. The molecule has 3 heterocycles. The van der Waals surface area contributed by atoms with E-state index in [0.29, 0.717) is 32.4 Å². The molecule has 8 nitrogen and oxygen atoms in total. The number of ether oxygens (including phenoxy) is 1. The van der Waals surface area contributed by atoms with Crippen LogP contribution in [0.2, 0.25) is 0 Å². The van der Waals surface area contributed by atoms with Gasteiger partial charge in [0.25, 0.3) is 5.91 Å². The van der Waals surface area contributed by atoms with Gasteiger partial charge in [0.05, 0.1) is 30.1 Å². The maximum absolute atomic E-state index is 14.8. The number of carbonyl (C=O) groups excluding carboxylic acids is 3. The Hall–Kier alpha value is -2.97. The SMILES string of the molecule is C=CCN(CCC)C(=O)[C@H]1[C@H]2C(=O)N([C@H](C)CO)C(C(=O)N(CC=C)c3c(C)cccc3C)C23CC[C@]1(CC)O3. The van der Waals surface area contributed by atoms with Crippen LogP contribution >= 0.6 is 0 Å². The van der Waals surface area contributed by atoms with E-state index in [9.17, 15) is 19.5 Å². The Morgan fingerprint density at radius 2 is 1.80 bits per heavy atom. The molecule has 0 radical (unpaired) electrons. The second-order valence-electron chi connectivity index (χ2n) is 11.7. The summed E-state index contributed by atoms with van der Waals surface area (Å²) in [6.07, 6.45) is 5.81.